The van der Waals surface area contributed by atoms with Gasteiger partial charge >= 0.3 is 5.97 Å². The van der Waals surface area contributed by atoms with Crippen molar-refractivity contribution in [3.05, 3.63) is 39.9 Å². The minimum Gasteiger partial charge on any atom is -0.468 e. The van der Waals surface area contributed by atoms with Crippen molar-refractivity contribution in [2.45, 2.75) is 12.5 Å². The molecule has 0 heterocycles. The number of carbonyl (C=O) groups excluding carboxylic acids is 1. The summed E-state index contributed by atoms with van der Waals surface area (Å²) < 4.78 is 4.45. The first-order valence-corrected chi connectivity index (χ1v) is 4.62. The van der Waals surface area contributed by atoms with Crippen LogP contribution in [0.1, 0.15) is 5.56 Å². The van der Waals surface area contributed by atoms with Crippen molar-refractivity contribution < 1.29 is 14.5 Å². The highest BCUT2D eigenvalue weighted by Crippen LogP contribution is 2.18. The van der Waals surface area contributed by atoms with Crippen LogP contribution in [0.4, 0.5) is 5.69 Å². The van der Waals surface area contributed by atoms with Crippen LogP contribution < -0.4 is 5.73 Å². The van der Waals surface area contributed by atoms with Crippen molar-refractivity contribution in [3.63, 3.8) is 0 Å². The summed E-state index contributed by atoms with van der Waals surface area (Å²) in [5, 5.41) is 10.7. The molecule has 0 saturated heterocycles. The summed E-state index contributed by atoms with van der Waals surface area (Å²) in [5.74, 6) is -0.585. The highest BCUT2D eigenvalue weighted by atomic mass is 35.5. The molecule has 0 bridgehead atoms. The fourth-order valence-corrected chi connectivity index (χ4v) is 1.33. The number of nitro benzene ring substituents is 1. The van der Waals surface area contributed by atoms with E-state index in [-0.39, 0.29) is 24.5 Å². The van der Waals surface area contributed by atoms with E-state index in [1.165, 1.54) is 13.2 Å². The summed E-state index contributed by atoms with van der Waals surface area (Å²) in [6.07, 6.45) is 0.0871. The lowest BCUT2D eigenvalue weighted by atomic mass is 10.0. The van der Waals surface area contributed by atoms with E-state index in [2.05, 4.69) is 4.74 Å². The number of halogens is 1. The molecule has 6 nitrogen and oxygen atoms in total. The van der Waals surface area contributed by atoms with Crippen LogP contribution in [0, 0.1) is 10.1 Å². The topological polar surface area (TPSA) is 95.5 Å². The average Bonchev–Trinajstić information content (AvgIpc) is 2.28. The fourth-order valence-electron chi connectivity index (χ4n) is 1.33. The molecule has 1 rings (SSSR count). The molecule has 0 radical (unpaired) electrons. The van der Waals surface area contributed by atoms with Gasteiger partial charge in [-0.1, -0.05) is 18.2 Å². The van der Waals surface area contributed by atoms with Crippen molar-refractivity contribution in [3.8, 4) is 0 Å². The molecule has 0 amide bonds. The number of ether oxygens (including phenoxy) is 1. The Morgan fingerprint density at radius 2 is 2.12 bits per heavy atom. The van der Waals surface area contributed by atoms with Crippen LogP contribution in [0.25, 0.3) is 0 Å². The summed E-state index contributed by atoms with van der Waals surface area (Å²) in [5.41, 5.74) is 5.91. The average molecular weight is 261 g/mol. The van der Waals surface area contributed by atoms with E-state index < -0.39 is 16.9 Å². The molecule has 0 aliphatic carbocycles. The normalized spacial score (nSPS) is 11.2. The number of nitrogens with zero attached hydrogens (tertiary/aromatic N) is 1. The first-order chi connectivity index (χ1) is 7.56. The Labute approximate surface area is 104 Å². The highest BCUT2D eigenvalue weighted by molar-refractivity contribution is 5.85. The first kappa shape index (κ1) is 15.3. The molecule has 7 heteroatoms. The molecule has 0 aliphatic rings. The number of nitrogens with two attached hydrogens (primary N) is 1. The standard InChI is InChI=1S/C10H12N2O4.ClH/c1-16-10(13)8(11)6-7-4-2-3-5-9(7)12(14)15;/h2-5,8H,6,11H2,1H3;1H/t8-;/m0./s1. The van der Waals surface area contributed by atoms with Gasteiger partial charge in [-0.25, -0.2) is 0 Å². The van der Waals surface area contributed by atoms with Gasteiger partial charge in [-0.15, -0.1) is 12.4 Å². The van der Waals surface area contributed by atoms with Gasteiger partial charge in [0.2, 0.25) is 0 Å². The summed E-state index contributed by atoms with van der Waals surface area (Å²) in [6, 6.07) is 5.28. The zero-order valence-corrected chi connectivity index (χ0v) is 9.98. The zero-order valence-electron chi connectivity index (χ0n) is 9.16. The lowest BCUT2D eigenvalue weighted by Gasteiger charge is -2.09. The summed E-state index contributed by atoms with van der Waals surface area (Å²) >= 11 is 0. The molecule has 1 aromatic carbocycles. The van der Waals surface area contributed by atoms with Crippen LogP contribution in [0.15, 0.2) is 24.3 Å². The Hall–Kier alpha value is -1.66. The first-order valence-electron chi connectivity index (χ1n) is 4.62. The summed E-state index contributed by atoms with van der Waals surface area (Å²) in [6.45, 7) is 0. The van der Waals surface area contributed by atoms with Gasteiger partial charge < -0.3 is 10.5 Å². The molecular weight excluding hydrogens is 248 g/mol. The molecule has 1 aromatic rings. The largest absolute Gasteiger partial charge is 0.468 e. The molecular formula is C10H13ClN2O4. The number of hydrogen-bond acceptors (Lipinski definition) is 5. The Balaban J connectivity index is 0.00000256. The monoisotopic (exact) mass is 260 g/mol. The van der Waals surface area contributed by atoms with Crippen LogP contribution in [0.3, 0.4) is 0 Å². The molecule has 94 valence electrons. The molecule has 0 unspecified atom stereocenters. The second kappa shape index (κ2) is 6.82. The smallest absolute Gasteiger partial charge is 0.322 e. The van der Waals surface area contributed by atoms with Gasteiger partial charge in [-0.05, 0) is 0 Å². The van der Waals surface area contributed by atoms with Crippen molar-refractivity contribution in [1.29, 1.82) is 0 Å². The van der Waals surface area contributed by atoms with Gasteiger partial charge in [0.1, 0.15) is 6.04 Å². The minimum atomic E-state index is -0.883. The quantitative estimate of drug-likeness (QED) is 0.496. The molecule has 0 saturated carbocycles. The highest BCUT2D eigenvalue weighted by Gasteiger charge is 2.19. The molecule has 0 spiro atoms. The number of hydrogen-bond donors (Lipinski definition) is 1. The van der Waals surface area contributed by atoms with Crippen LogP contribution in [-0.4, -0.2) is 24.0 Å². The number of benzene rings is 1. The molecule has 0 fully saturated rings. The van der Waals surface area contributed by atoms with Crippen LogP contribution in [0.5, 0.6) is 0 Å². The zero-order chi connectivity index (χ0) is 12.1. The van der Waals surface area contributed by atoms with Crippen LogP contribution in [-0.2, 0) is 16.0 Å². The van der Waals surface area contributed by atoms with Crippen molar-refractivity contribution in [2.24, 2.45) is 5.73 Å². The van der Waals surface area contributed by atoms with Crippen LogP contribution in [0.2, 0.25) is 0 Å². The Morgan fingerprint density at radius 3 is 2.65 bits per heavy atom. The molecule has 0 aliphatic heterocycles. The molecule has 0 aromatic heterocycles. The predicted octanol–water partition coefficient (Wildman–Crippen LogP) is 1.06. The third-order valence-corrected chi connectivity index (χ3v) is 2.13. The second-order valence-corrected chi connectivity index (χ2v) is 3.22. The maximum atomic E-state index is 11.1. The van der Waals surface area contributed by atoms with Gasteiger partial charge in [0.15, 0.2) is 0 Å². The van der Waals surface area contributed by atoms with E-state index >= 15 is 0 Å². The van der Waals surface area contributed by atoms with Gasteiger partial charge in [0, 0.05) is 18.1 Å². The maximum Gasteiger partial charge on any atom is 0.322 e. The number of carbonyl (C=O) groups is 1. The number of para-hydroxylation sites is 1. The molecule has 17 heavy (non-hydrogen) atoms. The van der Waals surface area contributed by atoms with Gasteiger partial charge in [-0.3, -0.25) is 14.9 Å². The van der Waals surface area contributed by atoms with Gasteiger partial charge in [0.25, 0.3) is 5.69 Å². The van der Waals surface area contributed by atoms with E-state index in [1.807, 2.05) is 0 Å². The molecule has 2 N–H and O–H groups in total. The van der Waals surface area contributed by atoms with E-state index in [1.54, 1.807) is 18.2 Å². The van der Waals surface area contributed by atoms with E-state index in [4.69, 9.17) is 5.73 Å². The van der Waals surface area contributed by atoms with E-state index in [9.17, 15) is 14.9 Å². The lowest BCUT2D eigenvalue weighted by molar-refractivity contribution is -0.385. The predicted molar refractivity (Wildman–Crippen MR) is 64.0 cm³/mol. The Morgan fingerprint density at radius 1 is 1.53 bits per heavy atom. The molecule has 1 atom stereocenters. The minimum absolute atomic E-state index is 0. The Bertz CT molecular complexity index is 411. The summed E-state index contributed by atoms with van der Waals surface area (Å²) in [4.78, 5) is 21.3. The number of rotatable bonds is 4. The lowest BCUT2D eigenvalue weighted by Crippen LogP contribution is -2.33. The van der Waals surface area contributed by atoms with Crippen molar-refractivity contribution >= 4 is 24.1 Å². The third-order valence-electron chi connectivity index (χ3n) is 2.13. The van der Waals surface area contributed by atoms with Crippen molar-refractivity contribution in [1.82, 2.24) is 0 Å². The van der Waals surface area contributed by atoms with Gasteiger partial charge in [0.05, 0.1) is 12.0 Å². The number of nitro groups is 1. The van der Waals surface area contributed by atoms with Crippen molar-refractivity contribution in [2.75, 3.05) is 7.11 Å². The van der Waals surface area contributed by atoms with Crippen LogP contribution >= 0.6 is 12.4 Å². The number of methoxy groups -OCH3 is 1. The Kier molecular flexibility index (Phi) is 6.16. The maximum absolute atomic E-state index is 11.1. The fraction of sp³-hybridized carbons (Fsp3) is 0.300. The van der Waals surface area contributed by atoms with E-state index in [0.717, 1.165) is 0 Å². The number of esters is 1. The SMILES string of the molecule is COC(=O)[C@@H](N)Cc1ccccc1[N+](=O)[O-].Cl. The van der Waals surface area contributed by atoms with Gasteiger partial charge in [-0.2, -0.15) is 0 Å². The summed E-state index contributed by atoms with van der Waals surface area (Å²) in [7, 11) is 1.22. The van der Waals surface area contributed by atoms with E-state index in [0.29, 0.717) is 5.56 Å². The second-order valence-electron chi connectivity index (χ2n) is 3.22. The third kappa shape index (κ3) is 4.01.